The molecule has 23 heavy (non-hydrogen) atoms. The van der Waals surface area contributed by atoms with Gasteiger partial charge < -0.3 is 15.7 Å². The summed E-state index contributed by atoms with van der Waals surface area (Å²) < 4.78 is 25.4. The third-order valence-corrected chi connectivity index (χ3v) is 4.99. The van der Waals surface area contributed by atoms with Crippen molar-refractivity contribution in [3.63, 3.8) is 0 Å². The average molecular weight is 351 g/mol. The maximum atomic E-state index is 12.1. The van der Waals surface area contributed by atoms with Crippen molar-refractivity contribution in [3.8, 4) is 5.75 Å². The van der Waals surface area contributed by atoms with Crippen LogP contribution in [0.25, 0.3) is 0 Å². The fourth-order valence-electron chi connectivity index (χ4n) is 1.82. The Kier molecular flexibility index (Phi) is 5.19. The van der Waals surface area contributed by atoms with Gasteiger partial charge in [-0.05, 0) is 42.5 Å². The first-order valence-electron chi connectivity index (χ1n) is 6.68. The topological polar surface area (TPSA) is 81.7 Å². The number of thiocarbonyl (C=S) groups is 1. The normalized spacial score (nSPS) is 11.3. The Balaban J connectivity index is 2.13. The molecule has 0 aliphatic heterocycles. The molecule has 0 heterocycles. The van der Waals surface area contributed by atoms with Gasteiger partial charge in [-0.25, -0.2) is 12.7 Å². The molecule has 6 nitrogen and oxygen atoms in total. The number of sulfonamides is 1. The van der Waals surface area contributed by atoms with Crippen molar-refractivity contribution >= 4 is 38.7 Å². The van der Waals surface area contributed by atoms with Crippen molar-refractivity contribution in [2.24, 2.45) is 0 Å². The zero-order chi connectivity index (χ0) is 17.0. The van der Waals surface area contributed by atoms with Crippen LogP contribution in [0.1, 0.15) is 0 Å². The zero-order valence-electron chi connectivity index (χ0n) is 12.6. The summed E-state index contributed by atoms with van der Waals surface area (Å²) >= 11 is 5.19. The molecule has 8 heteroatoms. The van der Waals surface area contributed by atoms with E-state index in [9.17, 15) is 13.5 Å². The number of benzene rings is 2. The van der Waals surface area contributed by atoms with Gasteiger partial charge in [0.25, 0.3) is 0 Å². The molecule has 0 fully saturated rings. The van der Waals surface area contributed by atoms with Crippen molar-refractivity contribution < 1.29 is 13.5 Å². The van der Waals surface area contributed by atoms with Gasteiger partial charge in [-0.3, -0.25) is 0 Å². The first-order chi connectivity index (χ1) is 10.8. The molecule has 0 aliphatic rings. The number of rotatable bonds is 4. The van der Waals surface area contributed by atoms with Crippen LogP contribution >= 0.6 is 12.2 Å². The summed E-state index contributed by atoms with van der Waals surface area (Å²) in [6.07, 6.45) is 0. The molecule has 2 rings (SSSR count). The Labute approximate surface area is 140 Å². The maximum Gasteiger partial charge on any atom is 0.242 e. The maximum absolute atomic E-state index is 12.1. The van der Waals surface area contributed by atoms with Crippen LogP contribution in [-0.4, -0.2) is 37.0 Å². The van der Waals surface area contributed by atoms with Crippen LogP contribution < -0.4 is 10.6 Å². The Bertz CT molecular complexity index is 820. The fourth-order valence-corrected chi connectivity index (χ4v) is 3.01. The van der Waals surface area contributed by atoms with E-state index in [-0.39, 0.29) is 15.8 Å². The number of hydrogen-bond donors (Lipinski definition) is 3. The molecule has 0 amide bonds. The van der Waals surface area contributed by atoms with E-state index >= 15 is 0 Å². The Morgan fingerprint density at radius 3 is 2.17 bits per heavy atom. The van der Waals surface area contributed by atoms with Crippen LogP contribution in [0.3, 0.4) is 0 Å². The molecule has 0 aromatic heterocycles. The van der Waals surface area contributed by atoms with Crippen molar-refractivity contribution in [1.29, 1.82) is 0 Å². The number of phenols is 1. The van der Waals surface area contributed by atoms with Gasteiger partial charge in [-0.1, -0.05) is 12.1 Å². The summed E-state index contributed by atoms with van der Waals surface area (Å²) in [6, 6.07) is 12.9. The summed E-state index contributed by atoms with van der Waals surface area (Å²) in [5.41, 5.74) is 1.17. The van der Waals surface area contributed by atoms with Crippen LogP contribution in [0.15, 0.2) is 53.4 Å². The van der Waals surface area contributed by atoms with E-state index in [1.165, 1.54) is 32.3 Å². The summed E-state index contributed by atoms with van der Waals surface area (Å²) in [7, 11) is -0.552. The molecule has 0 bridgehead atoms. The van der Waals surface area contributed by atoms with Crippen molar-refractivity contribution in [1.82, 2.24) is 4.31 Å². The third-order valence-electron chi connectivity index (χ3n) is 2.97. The fraction of sp³-hybridized carbons (Fsp3) is 0.133. The molecule has 0 aliphatic carbocycles. The van der Waals surface area contributed by atoms with Crippen molar-refractivity contribution in [3.05, 3.63) is 48.5 Å². The van der Waals surface area contributed by atoms with Gasteiger partial charge >= 0.3 is 0 Å². The van der Waals surface area contributed by atoms with Gasteiger partial charge in [0.05, 0.1) is 4.90 Å². The summed E-state index contributed by atoms with van der Waals surface area (Å²) in [6.45, 7) is 0. The number of nitrogens with one attached hydrogen (secondary N) is 2. The average Bonchev–Trinajstić information content (AvgIpc) is 2.47. The van der Waals surface area contributed by atoms with Crippen molar-refractivity contribution in [2.45, 2.75) is 4.90 Å². The number of aromatic hydroxyl groups is 1. The minimum absolute atomic E-state index is 0.122. The highest BCUT2D eigenvalue weighted by atomic mass is 32.2. The quantitative estimate of drug-likeness (QED) is 0.734. The minimum Gasteiger partial charge on any atom is -0.508 e. The lowest BCUT2D eigenvalue weighted by molar-refractivity contribution is 0.475. The van der Waals surface area contributed by atoms with Gasteiger partial charge in [-0.2, -0.15) is 0 Å². The molecular formula is C15H17N3O3S2. The molecule has 2 aromatic rings. The lowest BCUT2D eigenvalue weighted by Gasteiger charge is -2.14. The number of nitrogens with zero attached hydrogens (tertiary/aromatic N) is 1. The predicted molar refractivity (Wildman–Crippen MR) is 95.3 cm³/mol. The van der Waals surface area contributed by atoms with Crippen LogP contribution in [0.5, 0.6) is 5.75 Å². The smallest absolute Gasteiger partial charge is 0.242 e. The van der Waals surface area contributed by atoms with E-state index in [1.807, 2.05) is 0 Å². The van der Waals surface area contributed by atoms with Crippen molar-refractivity contribution in [2.75, 3.05) is 24.7 Å². The molecule has 0 unspecified atom stereocenters. The van der Waals surface area contributed by atoms with Crippen LogP contribution in [0.2, 0.25) is 0 Å². The molecular weight excluding hydrogens is 334 g/mol. The zero-order valence-corrected chi connectivity index (χ0v) is 14.3. The lowest BCUT2D eigenvalue weighted by atomic mass is 10.3. The highest BCUT2D eigenvalue weighted by molar-refractivity contribution is 7.89. The van der Waals surface area contributed by atoms with Gasteiger partial charge in [0.2, 0.25) is 10.0 Å². The van der Waals surface area contributed by atoms with Gasteiger partial charge in [-0.15, -0.1) is 0 Å². The number of phenolic OH excluding ortho intramolecular Hbond substituents is 1. The van der Waals surface area contributed by atoms with E-state index in [1.54, 1.807) is 30.3 Å². The second-order valence-electron chi connectivity index (χ2n) is 4.94. The monoisotopic (exact) mass is 351 g/mol. The first-order valence-corrected chi connectivity index (χ1v) is 8.53. The highest BCUT2D eigenvalue weighted by Gasteiger charge is 2.17. The van der Waals surface area contributed by atoms with E-state index in [2.05, 4.69) is 10.6 Å². The molecule has 122 valence electrons. The lowest BCUT2D eigenvalue weighted by Crippen LogP contribution is -2.23. The van der Waals surface area contributed by atoms with E-state index in [4.69, 9.17) is 12.2 Å². The molecule has 0 spiro atoms. The van der Waals surface area contributed by atoms with E-state index in [0.29, 0.717) is 11.4 Å². The second-order valence-corrected chi connectivity index (χ2v) is 7.50. The Morgan fingerprint density at radius 2 is 1.61 bits per heavy atom. The van der Waals surface area contributed by atoms with Crippen LogP contribution in [-0.2, 0) is 10.0 Å². The van der Waals surface area contributed by atoms with E-state index in [0.717, 1.165) is 4.31 Å². The first kappa shape index (κ1) is 17.2. The SMILES string of the molecule is CN(C)S(=O)(=O)c1cccc(NC(=S)Nc2cccc(O)c2)c1. The van der Waals surface area contributed by atoms with E-state index < -0.39 is 10.0 Å². The Hall–Kier alpha value is -2.16. The Morgan fingerprint density at radius 1 is 1.04 bits per heavy atom. The molecule has 0 saturated heterocycles. The standard InChI is InChI=1S/C15H17N3O3S2/c1-18(2)23(20,21)14-8-4-6-12(10-14)17-15(22)16-11-5-3-7-13(19)9-11/h3-10,19H,1-2H3,(H2,16,17,22). The molecule has 3 N–H and O–H groups in total. The van der Waals surface area contributed by atoms with Gasteiger partial charge in [0.15, 0.2) is 5.11 Å². The molecule has 0 radical (unpaired) electrons. The molecule has 0 saturated carbocycles. The van der Waals surface area contributed by atoms with Crippen LogP contribution in [0, 0.1) is 0 Å². The predicted octanol–water partition coefficient (Wildman–Crippen LogP) is 2.45. The number of hydrogen-bond acceptors (Lipinski definition) is 4. The molecule has 2 aromatic carbocycles. The summed E-state index contributed by atoms with van der Waals surface area (Å²) in [5, 5.41) is 15.5. The summed E-state index contributed by atoms with van der Waals surface area (Å²) in [5.74, 6) is 0.122. The second kappa shape index (κ2) is 6.95. The molecule has 0 atom stereocenters. The van der Waals surface area contributed by atoms with Crippen LogP contribution in [0.4, 0.5) is 11.4 Å². The summed E-state index contributed by atoms with van der Waals surface area (Å²) in [4.78, 5) is 0.174. The highest BCUT2D eigenvalue weighted by Crippen LogP contribution is 2.19. The third kappa shape index (κ3) is 4.41. The van der Waals surface area contributed by atoms with Gasteiger partial charge in [0.1, 0.15) is 5.75 Å². The van der Waals surface area contributed by atoms with Gasteiger partial charge in [0, 0.05) is 31.5 Å². The minimum atomic E-state index is -3.50. The number of anilines is 2. The largest absolute Gasteiger partial charge is 0.508 e.